The van der Waals surface area contributed by atoms with Crippen molar-refractivity contribution in [3.63, 3.8) is 0 Å². The Hall–Kier alpha value is 1.18. The molecular formula is C6H19CaNO. The molecule has 0 rings (SSSR count). The normalized spacial score (nSPS) is 8.00. The van der Waals surface area contributed by atoms with Crippen molar-refractivity contribution in [3.8, 4) is 0 Å². The molecule has 0 amide bonds. The van der Waals surface area contributed by atoms with E-state index in [2.05, 4.69) is 25.7 Å². The van der Waals surface area contributed by atoms with E-state index in [1.165, 1.54) is 19.6 Å². The standard InChI is InChI=1S/C6H15N.Ca.H2O.2H/c1-4-7(5-2)6-3;;;;/h4-6H2,1-3H3;;1H2;;/q;+2;;2*-1. The van der Waals surface area contributed by atoms with Gasteiger partial charge in [0.15, 0.2) is 0 Å². The molecule has 2 nitrogen and oxygen atoms in total. The van der Waals surface area contributed by atoms with E-state index in [4.69, 9.17) is 0 Å². The minimum absolute atomic E-state index is 0. The second kappa shape index (κ2) is 11.9. The van der Waals surface area contributed by atoms with Gasteiger partial charge in [-0.2, -0.15) is 0 Å². The Morgan fingerprint density at radius 3 is 1.22 bits per heavy atom. The van der Waals surface area contributed by atoms with Gasteiger partial charge in [0.1, 0.15) is 0 Å². The molecular weight excluding hydrogens is 142 g/mol. The van der Waals surface area contributed by atoms with Crippen LogP contribution in [0.2, 0.25) is 0 Å². The molecule has 0 aromatic heterocycles. The quantitative estimate of drug-likeness (QED) is 0.551. The Kier molecular flexibility index (Phi) is 22.0. The summed E-state index contributed by atoms with van der Waals surface area (Å²) in [6.45, 7) is 10.1. The second-order valence-corrected chi connectivity index (χ2v) is 1.62. The third-order valence-electron chi connectivity index (χ3n) is 1.34. The minimum Gasteiger partial charge on any atom is -1.00 e. The molecule has 56 valence electrons. The Bertz CT molecular complexity index is 42.1. The molecule has 0 heterocycles. The SMILES string of the molecule is CCN(CC)CC.O.[Ca+2].[H-].[H-]. The van der Waals surface area contributed by atoms with Crippen LogP contribution in [0, 0.1) is 0 Å². The Balaban J connectivity index is -0.0000000300. The van der Waals surface area contributed by atoms with Gasteiger partial charge in [-0.3, -0.25) is 0 Å². The number of rotatable bonds is 3. The fourth-order valence-electron chi connectivity index (χ4n) is 0.671. The number of hydrogen-bond donors (Lipinski definition) is 0. The number of nitrogens with zero attached hydrogens (tertiary/aromatic N) is 1. The summed E-state index contributed by atoms with van der Waals surface area (Å²) in [5.41, 5.74) is 0. The Labute approximate surface area is 90.9 Å². The van der Waals surface area contributed by atoms with Crippen molar-refractivity contribution >= 4 is 37.7 Å². The molecule has 0 atom stereocenters. The van der Waals surface area contributed by atoms with Gasteiger partial charge >= 0.3 is 37.7 Å². The first-order chi connectivity index (χ1) is 3.35. The molecule has 0 aliphatic rings. The van der Waals surface area contributed by atoms with E-state index in [9.17, 15) is 0 Å². The first-order valence-electron chi connectivity index (χ1n) is 3.07. The minimum atomic E-state index is 0. The summed E-state index contributed by atoms with van der Waals surface area (Å²) in [6.07, 6.45) is 0. The molecule has 0 radical (unpaired) electrons. The van der Waals surface area contributed by atoms with Crippen molar-refractivity contribution in [2.24, 2.45) is 0 Å². The van der Waals surface area contributed by atoms with Gasteiger partial charge in [0.05, 0.1) is 0 Å². The van der Waals surface area contributed by atoms with Crippen LogP contribution < -0.4 is 0 Å². The maximum Gasteiger partial charge on any atom is 2.00 e. The van der Waals surface area contributed by atoms with Crippen LogP contribution in [0.25, 0.3) is 0 Å². The van der Waals surface area contributed by atoms with Gasteiger partial charge in [0, 0.05) is 0 Å². The van der Waals surface area contributed by atoms with E-state index in [1.807, 2.05) is 0 Å². The van der Waals surface area contributed by atoms with Crippen molar-refractivity contribution in [2.45, 2.75) is 20.8 Å². The van der Waals surface area contributed by atoms with Crippen LogP contribution in [0.4, 0.5) is 0 Å². The van der Waals surface area contributed by atoms with Gasteiger partial charge in [-0.25, -0.2) is 0 Å². The van der Waals surface area contributed by atoms with Crippen molar-refractivity contribution in [1.29, 1.82) is 0 Å². The molecule has 0 aromatic rings. The topological polar surface area (TPSA) is 34.7 Å². The van der Waals surface area contributed by atoms with Crippen LogP contribution in [-0.2, 0) is 0 Å². The maximum absolute atomic E-state index is 2.38. The van der Waals surface area contributed by atoms with Crippen LogP contribution >= 0.6 is 0 Å². The molecule has 0 aliphatic carbocycles. The first-order valence-corrected chi connectivity index (χ1v) is 3.07. The Morgan fingerprint density at radius 1 is 1.00 bits per heavy atom. The average molecular weight is 161 g/mol. The van der Waals surface area contributed by atoms with Crippen molar-refractivity contribution in [1.82, 2.24) is 4.90 Å². The molecule has 0 spiro atoms. The fourth-order valence-corrected chi connectivity index (χ4v) is 0.671. The van der Waals surface area contributed by atoms with Crippen LogP contribution in [0.1, 0.15) is 23.6 Å². The third kappa shape index (κ3) is 9.18. The van der Waals surface area contributed by atoms with Gasteiger partial charge in [0.25, 0.3) is 0 Å². The van der Waals surface area contributed by atoms with E-state index < -0.39 is 0 Å². The molecule has 0 saturated carbocycles. The van der Waals surface area contributed by atoms with Crippen molar-refractivity contribution in [3.05, 3.63) is 0 Å². The predicted octanol–water partition coefficient (Wildman–Crippen LogP) is 0.368. The third-order valence-corrected chi connectivity index (χ3v) is 1.34. The molecule has 0 aromatic carbocycles. The molecule has 0 saturated heterocycles. The zero-order chi connectivity index (χ0) is 5.70. The molecule has 9 heavy (non-hydrogen) atoms. The van der Waals surface area contributed by atoms with Gasteiger partial charge in [-0.1, -0.05) is 20.8 Å². The van der Waals surface area contributed by atoms with E-state index in [-0.39, 0.29) is 46.1 Å². The van der Waals surface area contributed by atoms with Crippen LogP contribution in [0.3, 0.4) is 0 Å². The summed E-state index contributed by atoms with van der Waals surface area (Å²) in [5, 5.41) is 0. The summed E-state index contributed by atoms with van der Waals surface area (Å²) in [7, 11) is 0. The van der Waals surface area contributed by atoms with Crippen LogP contribution in [-0.4, -0.2) is 67.7 Å². The summed E-state index contributed by atoms with van der Waals surface area (Å²) < 4.78 is 0. The zero-order valence-electron chi connectivity index (χ0n) is 8.78. The van der Waals surface area contributed by atoms with Crippen LogP contribution in [0.15, 0.2) is 0 Å². The average Bonchev–Trinajstić information content (AvgIpc) is 1.72. The van der Waals surface area contributed by atoms with Crippen molar-refractivity contribution < 1.29 is 8.33 Å². The fraction of sp³-hybridized carbons (Fsp3) is 1.00. The zero-order valence-corrected chi connectivity index (χ0v) is 8.98. The molecule has 0 aliphatic heterocycles. The maximum atomic E-state index is 2.38. The van der Waals surface area contributed by atoms with Crippen LogP contribution in [0.5, 0.6) is 0 Å². The largest absolute Gasteiger partial charge is 2.00 e. The van der Waals surface area contributed by atoms with Gasteiger partial charge in [-0.15, -0.1) is 0 Å². The summed E-state index contributed by atoms with van der Waals surface area (Å²) in [4.78, 5) is 2.38. The molecule has 2 N–H and O–H groups in total. The van der Waals surface area contributed by atoms with E-state index in [0.29, 0.717) is 0 Å². The predicted molar refractivity (Wildman–Crippen MR) is 45.1 cm³/mol. The number of hydrogen-bond acceptors (Lipinski definition) is 1. The van der Waals surface area contributed by atoms with E-state index in [0.717, 1.165) is 0 Å². The molecule has 0 fully saturated rings. The smallest absolute Gasteiger partial charge is 1.00 e. The molecule has 3 heteroatoms. The molecule has 0 bridgehead atoms. The van der Waals surface area contributed by atoms with E-state index in [1.54, 1.807) is 0 Å². The second-order valence-electron chi connectivity index (χ2n) is 1.62. The van der Waals surface area contributed by atoms with Gasteiger partial charge in [0.2, 0.25) is 0 Å². The monoisotopic (exact) mass is 161 g/mol. The first kappa shape index (κ1) is 16.6. The van der Waals surface area contributed by atoms with Gasteiger partial charge in [-0.05, 0) is 19.6 Å². The summed E-state index contributed by atoms with van der Waals surface area (Å²) in [6, 6.07) is 0. The van der Waals surface area contributed by atoms with Gasteiger partial charge < -0.3 is 13.2 Å². The van der Waals surface area contributed by atoms with E-state index >= 15 is 0 Å². The Morgan fingerprint density at radius 2 is 1.22 bits per heavy atom. The van der Waals surface area contributed by atoms with Crippen molar-refractivity contribution in [2.75, 3.05) is 19.6 Å². The summed E-state index contributed by atoms with van der Waals surface area (Å²) in [5.74, 6) is 0. The summed E-state index contributed by atoms with van der Waals surface area (Å²) >= 11 is 0. The molecule has 0 unspecified atom stereocenters.